The maximum atomic E-state index is 10.3. The van der Waals surface area contributed by atoms with Gasteiger partial charge in [0.15, 0.2) is 0 Å². The van der Waals surface area contributed by atoms with E-state index in [0.717, 1.165) is 73.7 Å². The number of aliphatic hydroxyl groups is 1. The maximum Gasteiger partial charge on any atom is 0.137 e. The molecule has 0 saturated carbocycles. The van der Waals surface area contributed by atoms with Crippen LogP contribution < -0.4 is 4.74 Å². The van der Waals surface area contributed by atoms with Gasteiger partial charge in [-0.2, -0.15) is 0 Å². The Labute approximate surface area is 218 Å². The van der Waals surface area contributed by atoms with Crippen molar-refractivity contribution in [3.63, 3.8) is 0 Å². The maximum absolute atomic E-state index is 10.3. The fraction of sp³-hybridized carbons (Fsp3) is 0.500. The second-order valence-electron chi connectivity index (χ2n) is 9.75. The van der Waals surface area contributed by atoms with Crippen LogP contribution in [0.2, 0.25) is 5.02 Å². The number of nitrogens with one attached hydrogen (secondary N) is 1. The van der Waals surface area contributed by atoms with E-state index in [1.807, 2.05) is 30.3 Å². The van der Waals surface area contributed by atoms with Crippen molar-refractivity contribution in [3.05, 3.63) is 58.4 Å². The van der Waals surface area contributed by atoms with Crippen LogP contribution in [0.4, 0.5) is 0 Å². The summed E-state index contributed by atoms with van der Waals surface area (Å²) in [6, 6.07) is 12.4. The van der Waals surface area contributed by atoms with Crippen molar-refractivity contribution < 1.29 is 14.6 Å². The Kier molecular flexibility index (Phi) is 8.67. The highest BCUT2D eigenvalue weighted by atomic mass is 35.5. The lowest BCUT2D eigenvalue weighted by Crippen LogP contribution is -2.44. The molecule has 2 heterocycles. The topological polar surface area (TPSA) is 83.6 Å². The van der Waals surface area contributed by atoms with Crippen molar-refractivity contribution in [3.8, 4) is 5.75 Å². The van der Waals surface area contributed by atoms with Gasteiger partial charge in [0.2, 0.25) is 0 Å². The van der Waals surface area contributed by atoms with Gasteiger partial charge in [0, 0.05) is 43.7 Å². The summed E-state index contributed by atoms with van der Waals surface area (Å²) in [4.78, 5) is 7.52. The zero-order chi connectivity index (χ0) is 25.8. The Morgan fingerprint density at radius 1 is 1.17 bits per heavy atom. The molecule has 36 heavy (non-hydrogen) atoms. The molecular weight excluding hydrogens is 476 g/mol. The Morgan fingerprint density at radius 3 is 2.56 bits per heavy atom. The molecule has 4 rings (SSSR count). The molecule has 1 fully saturated rings. The molecule has 0 radical (unpaired) electrons. The number of benzene rings is 2. The summed E-state index contributed by atoms with van der Waals surface area (Å²) < 4.78 is 13.2. The van der Waals surface area contributed by atoms with Gasteiger partial charge >= 0.3 is 0 Å². The number of aromatic nitrogens is 2. The third kappa shape index (κ3) is 5.92. The van der Waals surface area contributed by atoms with Crippen LogP contribution in [0.3, 0.4) is 0 Å². The van der Waals surface area contributed by atoms with E-state index < -0.39 is 6.10 Å². The smallest absolute Gasteiger partial charge is 0.137 e. The van der Waals surface area contributed by atoms with Gasteiger partial charge in [-0.15, -0.1) is 0 Å². The van der Waals surface area contributed by atoms with Gasteiger partial charge in [0.25, 0.3) is 0 Å². The molecule has 2 N–H and O–H groups in total. The average Bonchev–Trinajstić information content (AvgIpc) is 3.19. The standard InChI is InChI=1S/C28H37ClN4O3/c1-18(32-11-13-36-14-12-32)17-33-25-8-7-22(28(19(2)30)20(3)34)16-24(25)31-27(33)10-6-21-5-9-26(35-4)23(29)15-21/h5,7-9,15-16,18,20,28,30,34H,6,10-14,17H2,1-4H3. The van der Waals surface area contributed by atoms with Crippen LogP contribution in [0, 0.1) is 5.41 Å². The molecule has 1 aromatic heterocycles. The Morgan fingerprint density at radius 2 is 1.92 bits per heavy atom. The minimum Gasteiger partial charge on any atom is -0.495 e. The number of fused-ring (bicyclic) bond motifs is 1. The third-order valence-corrected chi connectivity index (χ3v) is 7.42. The Hall–Kier alpha value is -2.45. The highest BCUT2D eigenvalue weighted by molar-refractivity contribution is 6.32. The summed E-state index contributed by atoms with van der Waals surface area (Å²) in [5.41, 5.74) is 4.48. The van der Waals surface area contributed by atoms with Crippen LogP contribution in [-0.2, 0) is 24.1 Å². The molecule has 0 spiro atoms. The number of nitrogens with zero attached hydrogens (tertiary/aromatic N) is 3. The number of hydrogen-bond donors (Lipinski definition) is 2. The number of rotatable bonds is 10. The normalized spacial score (nSPS) is 17.2. The quantitative estimate of drug-likeness (QED) is 0.384. The van der Waals surface area contributed by atoms with Crippen molar-refractivity contribution in [1.29, 1.82) is 5.41 Å². The highest BCUT2D eigenvalue weighted by Crippen LogP contribution is 2.28. The number of halogens is 1. The van der Waals surface area contributed by atoms with Crippen LogP contribution in [0.5, 0.6) is 5.75 Å². The van der Waals surface area contributed by atoms with Crippen molar-refractivity contribution in [1.82, 2.24) is 14.5 Å². The predicted molar refractivity (Wildman–Crippen MR) is 145 cm³/mol. The molecule has 0 amide bonds. The summed E-state index contributed by atoms with van der Waals surface area (Å²) >= 11 is 6.36. The fourth-order valence-electron chi connectivity index (χ4n) is 5.19. The number of methoxy groups -OCH3 is 1. The van der Waals surface area contributed by atoms with E-state index in [4.69, 9.17) is 31.5 Å². The van der Waals surface area contributed by atoms with E-state index in [0.29, 0.717) is 22.5 Å². The summed E-state index contributed by atoms with van der Waals surface area (Å²) in [7, 11) is 1.62. The molecule has 3 unspecified atom stereocenters. The molecule has 3 aromatic rings. The van der Waals surface area contributed by atoms with Gasteiger partial charge in [-0.25, -0.2) is 4.98 Å². The molecule has 0 aliphatic carbocycles. The first-order valence-electron chi connectivity index (χ1n) is 12.6. The predicted octanol–water partition coefficient (Wildman–Crippen LogP) is 4.71. The molecule has 1 saturated heterocycles. The van der Waals surface area contributed by atoms with Gasteiger partial charge in [-0.05, 0) is 62.6 Å². The lowest BCUT2D eigenvalue weighted by molar-refractivity contribution is 0.0170. The first kappa shape index (κ1) is 26.6. The zero-order valence-corrected chi connectivity index (χ0v) is 22.4. The largest absolute Gasteiger partial charge is 0.495 e. The molecule has 1 aliphatic rings. The van der Waals surface area contributed by atoms with Crippen LogP contribution in [-0.4, -0.2) is 70.8 Å². The third-order valence-electron chi connectivity index (χ3n) is 7.13. The average molecular weight is 513 g/mol. The summed E-state index contributed by atoms with van der Waals surface area (Å²) in [6.45, 7) is 9.99. The summed E-state index contributed by atoms with van der Waals surface area (Å²) in [5, 5.41) is 19.1. The van der Waals surface area contributed by atoms with Crippen LogP contribution in [0.15, 0.2) is 36.4 Å². The van der Waals surface area contributed by atoms with Gasteiger partial charge in [-0.3, -0.25) is 4.90 Å². The van der Waals surface area contributed by atoms with Crippen molar-refractivity contribution in [2.45, 2.75) is 58.2 Å². The number of hydrogen-bond acceptors (Lipinski definition) is 6. The molecule has 1 aliphatic heterocycles. The fourth-order valence-corrected chi connectivity index (χ4v) is 5.47. The molecule has 0 bridgehead atoms. The van der Waals surface area contributed by atoms with E-state index in [2.05, 4.69) is 22.5 Å². The van der Waals surface area contributed by atoms with Gasteiger partial charge in [-0.1, -0.05) is 23.7 Å². The van der Waals surface area contributed by atoms with Gasteiger partial charge in [0.1, 0.15) is 11.6 Å². The second kappa shape index (κ2) is 11.7. The molecule has 8 heteroatoms. The molecule has 194 valence electrons. The lowest BCUT2D eigenvalue weighted by Gasteiger charge is -2.32. The number of imidazole rings is 1. The first-order chi connectivity index (χ1) is 17.3. The first-order valence-corrected chi connectivity index (χ1v) is 13.0. The lowest BCUT2D eigenvalue weighted by atomic mass is 9.90. The number of aliphatic hydroxyl groups excluding tert-OH is 1. The highest BCUT2D eigenvalue weighted by Gasteiger charge is 2.23. The molecule has 2 aromatic carbocycles. The molecule has 3 atom stereocenters. The van der Waals surface area contributed by atoms with E-state index in [-0.39, 0.29) is 5.92 Å². The molecule has 7 nitrogen and oxygen atoms in total. The van der Waals surface area contributed by atoms with Crippen molar-refractivity contribution >= 4 is 28.3 Å². The molecular formula is C28H37ClN4O3. The van der Waals surface area contributed by atoms with Crippen LogP contribution in [0.1, 0.15) is 43.6 Å². The van der Waals surface area contributed by atoms with Crippen LogP contribution in [0.25, 0.3) is 11.0 Å². The minimum absolute atomic E-state index is 0.336. The summed E-state index contributed by atoms with van der Waals surface area (Å²) in [5.74, 6) is 1.36. The Bertz CT molecular complexity index is 1200. The number of morpholine rings is 1. The monoisotopic (exact) mass is 512 g/mol. The Balaban J connectivity index is 1.66. The van der Waals surface area contributed by atoms with Crippen molar-refractivity contribution in [2.75, 3.05) is 33.4 Å². The zero-order valence-electron chi connectivity index (χ0n) is 21.6. The second-order valence-corrected chi connectivity index (χ2v) is 10.2. The van der Waals surface area contributed by atoms with Crippen molar-refractivity contribution in [2.24, 2.45) is 0 Å². The van der Waals surface area contributed by atoms with E-state index in [9.17, 15) is 5.11 Å². The number of aryl methyl sites for hydroxylation is 2. The van der Waals surface area contributed by atoms with Gasteiger partial charge in [0.05, 0.1) is 42.5 Å². The van der Waals surface area contributed by atoms with Crippen LogP contribution >= 0.6 is 11.6 Å². The van der Waals surface area contributed by atoms with Gasteiger partial charge < -0.3 is 24.6 Å². The number of ether oxygens (including phenoxy) is 2. The SMILES string of the molecule is COc1ccc(CCc2nc3cc(C(C(C)=N)C(C)O)ccc3n2CC(C)N2CCOCC2)cc1Cl. The van der Waals surface area contributed by atoms with E-state index >= 15 is 0 Å². The minimum atomic E-state index is -0.636. The summed E-state index contributed by atoms with van der Waals surface area (Å²) in [6.07, 6.45) is 0.941. The van der Waals surface area contributed by atoms with E-state index in [1.54, 1.807) is 21.0 Å². The van der Waals surface area contributed by atoms with E-state index in [1.165, 1.54) is 0 Å².